The molecule has 0 unspecified atom stereocenters. The number of rotatable bonds is 7. The summed E-state index contributed by atoms with van der Waals surface area (Å²) in [6.45, 7) is 3.66. The summed E-state index contributed by atoms with van der Waals surface area (Å²) < 4.78 is 45.5. The normalized spacial score (nSPS) is 15.4. The van der Waals surface area contributed by atoms with E-state index in [2.05, 4.69) is 4.36 Å². The van der Waals surface area contributed by atoms with Crippen LogP contribution >= 0.6 is 0 Å². The van der Waals surface area contributed by atoms with Crippen molar-refractivity contribution >= 4 is 19.8 Å². The molecule has 0 aromatic heterocycles. The molecule has 0 aliphatic rings. The van der Waals surface area contributed by atoms with Crippen LogP contribution in [0.15, 0.2) is 39.6 Å². The zero-order valence-corrected chi connectivity index (χ0v) is 14.5. The van der Waals surface area contributed by atoms with Crippen molar-refractivity contribution < 1.29 is 16.8 Å². The Morgan fingerprint density at radius 1 is 1.10 bits per heavy atom. The van der Waals surface area contributed by atoms with Gasteiger partial charge in [0.15, 0.2) is 0 Å². The lowest BCUT2D eigenvalue weighted by molar-refractivity contribution is 0.0935. The maximum absolute atomic E-state index is 13.1. The predicted molar refractivity (Wildman–Crippen MR) is 85.3 cm³/mol. The molecule has 1 atom stereocenters. The number of nitrogens with zero attached hydrogens (tertiary/aromatic N) is 1. The van der Waals surface area contributed by atoms with Crippen LogP contribution in [0.5, 0.6) is 0 Å². The Morgan fingerprint density at radius 2 is 1.62 bits per heavy atom. The summed E-state index contributed by atoms with van der Waals surface area (Å²) in [5.74, 6) is 0.0561. The van der Waals surface area contributed by atoms with Crippen LogP contribution in [0.2, 0.25) is 0 Å². The van der Waals surface area contributed by atoms with Crippen molar-refractivity contribution in [2.45, 2.75) is 37.2 Å². The Morgan fingerprint density at radius 3 is 2.00 bits per heavy atom. The van der Waals surface area contributed by atoms with Gasteiger partial charge in [-0.2, -0.15) is 8.42 Å². The molecule has 0 fully saturated rings. The van der Waals surface area contributed by atoms with E-state index in [1.54, 1.807) is 24.3 Å². The molecule has 0 saturated carbocycles. The average Bonchev–Trinajstić information content (AvgIpc) is 2.46. The van der Waals surface area contributed by atoms with E-state index in [1.165, 1.54) is 7.05 Å². The largest absolute Gasteiger partial charge is 0.264 e. The molecule has 0 N–H and O–H groups in total. The van der Waals surface area contributed by atoms with Crippen molar-refractivity contribution in [1.29, 1.82) is 0 Å². The second-order valence-electron chi connectivity index (χ2n) is 4.96. The number of hydrogen-bond acceptors (Lipinski definition) is 5. The van der Waals surface area contributed by atoms with E-state index >= 15 is 0 Å². The Labute approximate surface area is 128 Å². The van der Waals surface area contributed by atoms with Gasteiger partial charge in [-0.3, -0.25) is 4.18 Å². The van der Waals surface area contributed by atoms with E-state index in [1.807, 2.05) is 19.9 Å². The van der Waals surface area contributed by atoms with E-state index in [0.717, 1.165) is 6.26 Å². The lowest BCUT2D eigenvalue weighted by atomic mass is 10.0. The molecule has 0 heterocycles. The summed E-state index contributed by atoms with van der Waals surface area (Å²) in [5, 5.41) is 0. The lowest BCUT2D eigenvalue weighted by Crippen LogP contribution is -2.40. The highest BCUT2D eigenvalue weighted by atomic mass is 32.2. The van der Waals surface area contributed by atoms with E-state index in [-0.39, 0.29) is 5.75 Å². The smallest absolute Gasteiger partial charge is 0.263 e. The maximum atomic E-state index is 13.1. The zero-order chi connectivity index (χ0) is 16.1. The summed E-state index contributed by atoms with van der Waals surface area (Å²) in [6.07, 6.45) is 1.90. The highest BCUT2D eigenvalue weighted by Crippen LogP contribution is 2.28. The van der Waals surface area contributed by atoms with Crippen LogP contribution in [0.25, 0.3) is 0 Å². The third kappa shape index (κ3) is 4.79. The molecular weight excluding hydrogens is 310 g/mol. The monoisotopic (exact) mass is 333 g/mol. The first-order chi connectivity index (χ1) is 9.70. The van der Waals surface area contributed by atoms with Crippen LogP contribution in [0.4, 0.5) is 0 Å². The second-order valence-corrected chi connectivity index (χ2v) is 8.94. The predicted octanol–water partition coefficient (Wildman–Crippen LogP) is 2.68. The molecule has 1 rings (SSSR count). The van der Waals surface area contributed by atoms with Crippen LogP contribution in [0, 0.1) is 0 Å². The minimum Gasteiger partial charge on any atom is -0.263 e. The average molecular weight is 333 g/mol. The molecule has 1 aromatic rings. The van der Waals surface area contributed by atoms with Crippen LogP contribution < -0.4 is 0 Å². The molecular formula is C14H23NO4S2. The molecule has 0 saturated heterocycles. The third-order valence-electron chi connectivity index (χ3n) is 3.48. The van der Waals surface area contributed by atoms with Gasteiger partial charge in [0.25, 0.3) is 10.1 Å². The molecule has 0 radical (unpaired) electrons. The molecule has 0 aliphatic carbocycles. The molecule has 1 aromatic carbocycles. The van der Waals surface area contributed by atoms with Crippen molar-refractivity contribution in [1.82, 2.24) is 0 Å². The fraction of sp³-hybridized carbons (Fsp3) is 0.571. The minimum absolute atomic E-state index is 0.0561. The molecule has 7 heteroatoms. The van der Waals surface area contributed by atoms with Gasteiger partial charge >= 0.3 is 0 Å². The SMILES string of the molecule is CCC(CC)(C[S@@](=O)(=NC)c1ccccc1)OS(C)(=O)=O. The van der Waals surface area contributed by atoms with Crippen LogP contribution in [-0.2, 0) is 24.0 Å². The number of benzene rings is 1. The van der Waals surface area contributed by atoms with E-state index in [9.17, 15) is 12.6 Å². The fourth-order valence-corrected chi connectivity index (χ4v) is 5.44. The maximum Gasteiger partial charge on any atom is 0.264 e. The van der Waals surface area contributed by atoms with Gasteiger partial charge in [0.2, 0.25) is 0 Å². The summed E-state index contributed by atoms with van der Waals surface area (Å²) in [4.78, 5) is 0.593. The van der Waals surface area contributed by atoms with Crippen molar-refractivity contribution in [3.05, 3.63) is 30.3 Å². The van der Waals surface area contributed by atoms with Gasteiger partial charge in [0.05, 0.1) is 27.3 Å². The van der Waals surface area contributed by atoms with Crippen molar-refractivity contribution in [2.75, 3.05) is 19.1 Å². The fourth-order valence-electron chi connectivity index (χ4n) is 2.16. The van der Waals surface area contributed by atoms with Crippen molar-refractivity contribution in [3.63, 3.8) is 0 Å². The van der Waals surface area contributed by atoms with Gasteiger partial charge in [-0.05, 0) is 25.0 Å². The summed E-state index contributed by atoms with van der Waals surface area (Å²) in [5.41, 5.74) is -1.000. The van der Waals surface area contributed by atoms with Gasteiger partial charge in [-0.15, -0.1) is 0 Å². The van der Waals surface area contributed by atoms with Gasteiger partial charge in [0, 0.05) is 11.9 Å². The lowest BCUT2D eigenvalue weighted by Gasteiger charge is -2.31. The molecule has 5 nitrogen and oxygen atoms in total. The van der Waals surface area contributed by atoms with Gasteiger partial charge in [-0.1, -0.05) is 32.0 Å². The summed E-state index contributed by atoms with van der Waals surface area (Å²) in [6, 6.07) is 8.89. The molecule has 0 amide bonds. The number of hydrogen-bond donors (Lipinski definition) is 0. The Hall–Kier alpha value is -0.920. The van der Waals surface area contributed by atoms with Crippen molar-refractivity contribution in [3.8, 4) is 0 Å². The minimum atomic E-state index is -3.64. The Balaban J connectivity index is 3.27. The van der Waals surface area contributed by atoms with Gasteiger partial charge in [0.1, 0.15) is 0 Å². The van der Waals surface area contributed by atoms with Gasteiger partial charge in [-0.25, -0.2) is 8.57 Å². The first-order valence-electron chi connectivity index (χ1n) is 6.79. The molecule has 0 bridgehead atoms. The van der Waals surface area contributed by atoms with Crippen LogP contribution in [0.1, 0.15) is 26.7 Å². The standard InChI is InChI=1S/C14H23NO4S2/c1-5-14(6-2,19-20(4,16)17)12-21(18,15-3)13-10-8-7-9-11-13/h7-11H,5-6,12H2,1-4H3/t21-/m0/s1. The van der Waals surface area contributed by atoms with Crippen LogP contribution in [-0.4, -0.2) is 37.3 Å². The zero-order valence-electron chi connectivity index (χ0n) is 12.9. The molecule has 120 valence electrons. The highest BCUT2D eigenvalue weighted by molar-refractivity contribution is 7.93. The first kappa shape index (κ1) is 18.1. The van der Waals surface area contributed by atoms with E-state index in [0.29, 0.717) is 17.7 Å². The van der Waals surface area contributed by atoms with E-state index in [4.69, 9.17) is 4.18 Å². The quantitative estimate of drug-likeness (QED) is 0.719. The summed E-state index contributed by atoms with van der Waals surface area (Å²) in [7, 11) is -4.87. The molecule has 0 spiro atoms. The van der Waals surface area contributed by atoms with Crippen molar-refractivity contribution in [2.24, 2.45) is 4.36 Å². The summed E-state index contributed by atoms with van der Waals surface area (Å²) >= 11 is 0. The van der Waals surface area contributed by atoms with E-state index < -0.39 is 25.4 Å². The Kier molecular flexibility index (Phi) is 5.95. The third-order valence-corrected chi connectivity index (χ3v) is 6.65. The topological polar surface area (TPSA) is 72.8 Å². The van der Waals surface area contributed by atoms with Crippen LogP contribution in [0.3, 0.4) is 0 Å². The first-order valence-corrected chi connectivity index (χ1v) is 10.3. The van der Waals surface area contributed by atoms with Gasteiger partial charge < -0.3 is 0 Å². The Bertz CT molecular complexity index is 670. The molecule has 0 aliphatic heterocycles. The molecule has 21 heavy (non-hydrogen) atoms. The highest BCUT2D eigenvalue weighted by Gasteiger charge is 2.36. The second kappa shape index (κ2) is 6.89.